The van der Waals surface area contributed by atoms with Crippen LogP contribution in [0.4, 0.5) is 0 Å². The minimum atomic E-state index is 0.798. The Morgan fingerprint density at radius 2 is 2.22 bits per heavy atom. The van der Waals surface area contributed by atoms with Gasteiger partial charge in [-0.05, 0) is 18.7 Å². The molecule has 9 heavy (non-hydrogen) atoms. The van der Waals surface area contributed by atoms with E-state index in [4.69, 9.17) is 4.74 Å². The molecule has 0 aromatic carbocycles. The lowest BCUT2D eigenvalue weighted by Crippen LogP contribution is -2.20. The van der Waals surface area contributed by atoms with Crippen LogP contribution in [0.2, 0.25) is 0 Å². The van der Waals surface area contributed by atoms with Crippen molar-refractivity contribution in [2.75, 3.05) is 32.6 Å². The highest BCUT2D eigenvalue weighted by molar-refractivity contribution is 7.80. The molecule has 3 heteroatoms. The second kappa shape index (κ2) is 8.27. The number of rotatable bonds is 6. The van der Waals surface area contributed by atoms with Gasteiger partial charge in [0.1, 0.15) is 0 Å². The van der Waals surface area contributed by atoms with E-state index in [2.05, 4.69) is 17.9 Å². The average molecular weight is 149 g/mol. The van der Waals surface area contributed by atoms with Gasteiger partial charge in [0.15, 0.2) is 0 Å². The van der Waals surface area contributed by atoms with Crippen molar-refractivity contribution >= 4 is 12.6 Å². The van der Waals surface area contributed by atoms with Crippen LogP contribution in [0.25, 0.3) is 0 Å². The highest BCUT2D eigenvalue weighted by Gasteiger charge is 1.83. The summed E-state index contributed by atoms with van der Waals surface area (Å²) in [6.07, 6.45) is 1.13. The van der Waals surface area contributed by atoms with E-state index in [1.807, 2.05) is 0 Å². The van der Waals surface area contributed by atoms with E-state index in [1.165, 1.54) is 0 Å². The molecule has 0 radical (unpaired) electrons. The van der Waals surface area contributed by atoms with E-state index in [0.29, 0.717) is 0 Å². The van der Waals surface area contributed by atoms with Gasteiger partial charge in [-0.1, -0.05) is 0 Å². The summed E-state index contributed by atoms with van der Waals surface area (Å²) in [5.41, 5.74) is 0. The Morgan fingerprint density at radius 1 is 1.44 bits per heavy atom. The van der Waals surface area contributed by atoms with Gasteiger partial charge >= 0.3 is 0 Å². The molecule has 0 fully saturated rings. The summed E-state index contributed by atoms with van der Waals surface area (Å²) in [5.74, 6) is 0.958. The van der Waals surface area contributed by atoms with Crippen molar-refractivity contribution < 1.29 is 4.74 Å². The zero-order valence-corrected chi connectivity index (χ0v) is 6.79. The Morgan fingerprint density at radius 3 is 2.78 bits per heavy atom. The van der Waals surface area contributed by atoms with Gasteiger partial charge in [-0.3, -0.25) is 0 Å². The van der Waals surface area contributed by atoms with Crippen LogP contribution in [0.1, 0.15) is 6.42 Å². The summed E-state index contributed by atoms with van der Waals surface area (Å²) in [6, 6.07) is 0. The van der Waals surface area contributed by atoms with Gasteiger partial charge < -0.3 is 10.1 Å². The lowest BCUT2D eigenvalue weighted by molar-refractivity contribution is 0.199. The molecule has 0 aromatic rings. The van der Waals surface area contributed by atoms with E-state index in [0.717, 1.165) is 31.9 Å². The maximum atomic E-state index is 4.84. The maximum Gasteiger partial charge on any atom is 0.0587 e. The van der Waals surface area contributed by atoms with E-state index in [1.54, 1.807) is 7.11 Å². The average Bonchev–Trinajstić information content (AvgIpc) is 1.89. The van der Waals surface area contributed by atoms with Crippen LogP contribution < -0.4 is 5.32 Å². The molecule has 0 saturated carbocycles. The lowest BCUT2D eigenvalue weighted by atomic mass is 10.5. The summed E-state index contributed by atoms with van der Waals surface area (Å²) in [6.45, 7) is 2.80. The van der Waals surface area contributed by atoms with E-state index >= 15 is 0 Å². The zero-order valence-electron chi connectivity index (χ0n) is 5.89. The third-order valence-corrected chi connectivity index (χ3v) is 1.31. The first-order valence-corrected chi connectivity index (χ1v) is 3.85. The molecule has 0 spiro atoms. The molecule has 0 heterocycles. The molecule has 0 aromatic heterocycles. The zero-order chi connectivity index (χ0) is 6.95. The molecule has 0 unspecified atom stereocenters. The van der Waals surface area contributed by atoms with Crippen molar-refractivity contribution in [3.05, 3.63) is 0 Å². The summed E-state index contributed by atoms with van der Waals surface area (Å²) in [4.78, 5) is 0. The van der Waals surface area contributed by atoms with Gasteiger partial charge in [0.2, 0.25) is 0 Å². The van der Waals surface area contributed by atoms with Crippen LogP contribution in [0, 0.1) is 0 Å². The fraction of sp³-hybridized carbons (Fsp3) is 1.00. The van der Waals surface area contributed by atoms with Gasteiger partial charge in [0.25, 0.3) is 0 Å². The number of ether oxygens (including phenoxy) is 1. The number of hydrogen-bond donors (Lipinski definition) is 2. The Labute approximate surface area is 62.4 Å². The number of thiol groups is 1. The quantitative estimate of drug-likeness (QED) is 0.425. The lowest BCUT2D eigenvalue weighted by Gasteiger charge is -2.00. The van der Waals surface area contributed by atoms with Gasteiger partial charge in [-0.25, -0.2) is 0 Å². The molecule has 2 nitrogen and oxygen atoms in total. The first-order valence-electron chi connectivity index (χ1n) is 3.22. The monoisotopic (exact) mass is 149 g/mol. The van der Waals surface area contributed by atoms with E-state index in [9.17, 15) is 0 Å². The van der Waals surface area contributed by atoms with Crippen molar-refractivity contribution in [1.29, 1.82) is 0 Å². The van der Waals surface area contributed by atoms with Crippen molar-refractivity contribution in [3.63, 3.8) is 0 Å². The summed E-state index contributed by atoms with van der Waals surface area (Å²) in [5, 5.41) is 3.21. The summed E-state index contributed by atoms with van der Waals surface area (Å²) >= 11 is 4.07. The van der Waals surface area contributed by atoms with Crippen LogP contribution in [-0.4, -0.2) is 32.6 Å². The minimum absolute atomic E-state index is 0.798. The Balaban J connectivity index is 2.60. The maximum absolute atomic E-state index is 4.84. The van der Waals surface area contributed by atoms with Gasteiger partial charge in [-0.15, -0.1) is 0 Å². The molecule has 0 saturated heterocycles. The Hall–Kier alpha value is 0.270. The molecule has 0 atom stereocenters. The van der Waals surface area contributed by atoms with E-state index in [-0.39, 0.29) is 0 Å². The molecule has 0 amide bonds. The molecular weight excluding hydrogens is 134 g/mol. The second-order valence-electron chi connectivity index (χ2n) is 1.82. The largest absolute Gasteiger partial charge is 0.383 e. The molecular formula is C6H15NOS. The van der Waals surface area contributed by atoms with Gasteiger partial charge in [0.05, 0.1) is 6.61 Å². The molecule has 0 aliphatic carbocycles. The third kappa shape index (κ3) is 8.27. The first-order chi connectivity index (χ1) is 4.41. The SMILES string of the molecule is COCCNCCCS. The topological polar surface area (TPSA) is 21.3 Å². The predicted molar refractivity (Wildman–Crippen MR) is 43.2 cm³/mol. The van der Waals surface area contributed by atoms with Crippen LogP contribution in [-0.2, 0) is 4.74 Å². The van der Waals surface area contributed by atoms with E-state index < -0.39 is 0 Å². The van der Waals surface area contributed by atoms with Crippen LogP contribution in [0.5, 0.6) is 0 Å². The van der Waals surface area contributed by atoms with Gasteiger partial charge in [-0.2, -0.15) is 12.6 Å². The molecule has 0 aliphatic heterocycles. The second-order valence-corrected chi connectivity index (χ2v) is 2.27. The smallest absolute Gasteiger partial charge is 0.0587 e. The Bertz CT molecular complexity index is 46.3. The normalized spacial score (nSPS) is 10.0. The first kappa shape index (κ1) is 9.27. The van der Waals surface area contributed by atoms with Crippen molar-refractivity contribution in [2.45, 2.75) is 6.42 Å². The highest BCUT2D eigenvalue weighted by atomic mass is 32.1. The van der Waals surface area contributed by atoms with Crippen LogP contribution >= 0.6 is 12.6 Å². The standard InChI is InChI=1S/C6H15NOS/c1-8-5-4-7-3-2-6-9/h7,9H,2-6H2,1H3. The summed E-state index contributed by atoms with van der Waals surface area (Å²) < 4.78 is 4.84. The fourth-order valence-corrected chi connectivity index (χ4v) is 0.661. The molecule has 0 rings (SSSR count). The fourth-order valence-electron chi connectivity index (χ4n) is 0.503. The van der Waals surface area contributed by atoms with Crippen LogP contribution in [0.15, 0.2) is 0 Å². The summed E-state index contributed by atoms with van der Waals surface area (Å²) in [7, 11) is 1.71. The highest BCUT2D eigenvalue weighted by Crippen LogP contribution is 1.78. The van der Waals surface area contributed by atoms with Crippen LogP contribution in [0.3, 0.4) is 0 Å². The molecule has 0 aliphatic rings. The van der Waals surface area contributed by atoms with Gasteiger partial charge in [0, 0.05) is 13.7 Å². The molecule has 1 N–H and O–H groups in total. The van der Waals surface area contributed by atoms with Crippen molar-refractivity contribution in [3.8, 4) is 0 Å². The minimum Gasteiger partial charge on any atom is -0.383 e. The number of hydrogen-bond acceptors (Lipinski definition) is 3. The number of nitrogens with one attached hydrogen (secondary N) is 1. The van der Waals surface area contributed by atoms with Crippen molar-refractivity contribution in [2.24, 2.45) is 0 Å². The van der Waals surface area contributed by atoms with Crippen molar-refractivity contribution in [1.82, 2.24) is 5.32 Å². The molecule has 0 bridgehead atoms. The predicted octanol–water partition coefficient (Wildman–Crippen LogP) is 0.542. The Kier molecular flexibility index (Phi) is 8.52. The third-order valence-electron chi connectivity index (χ3n) is 0.995. The number of methoxy groups -OCH3 is 1. The molecule has 56 valence electrons.